The fourth-order valence-electron chi connectivity index (χ4n) is 1.89. The van der Waals surface area contributed by atoms with Crippen molar-refractivity contribution in [1.82, 2.24) is 5.32 Å². The van der Waals surface area contributed by atoms with Crippen molar-refractivity contribution in [2.75, 3.05) is 6.54 Å². The first kappa shape index (κ1) is 12.6. The van der Waals surface area contributed by atoms with E-state index in [1.165, 1.54) is 25.3 Å². The SMILES string of the molecule is Fc1ccc(Br)c(CNC2=NCCCCC2)c1. The number of halogens is 2. The number of benzene rings is 1. The molecule has 2 rings (SSSR count). The average Bonchev–Trinajstić information content (AvgIpc) is 2.59. The Morgan fingerprint density at radius 1 is 1.29 bits per heavy atom. The van der Waals surface area contributed by atoms with Gasteiger partial charge in [0.15, 0.2) is 0 Å². The second kappa shape index (κ2) is 6.15. The Balaban J connectivity index is 1.96. The molecule has 0 aliphatic carbocycles. The zero-order valence-electron chi connectivity index (χ0n) is 9.68. The normalized spacial score (nSPS) is 16.2. The summed E-state index contributed by atoms with van der Waals surface area (Å²) >= 11 is 3.42. The van der Waals surface area contributed by atoms with E-state index < -0.39 is 0 Å². The van der Waals surface area contributed by atoms with Crippen LogP contribution in [-0.4, -0.2) is 12.4 Å². The number of nitrogens with zero attached hydrogens (tertiary/aromatic N) is 1. The van der Waals surface area contributed by atoms with Gasteiger partial charge in [0.25, 0.3) is 0 Å². The van der Waals surface area contributed by atoms with E-state index in [9.17, 15) is 4.39 Å². The first-order valence-electron chi connectivity index (χ1n) is 5.97. The number of nitrogens with one attached hydrogen (secondary N) is 1. The van der Waals surface area contributed by atoms with Crippen molar-refractivity contribution in [2.45, 2.75) is 32.2 Å². The molecule has 0 saturated carbocycles. The first-order chi connectivity index (χ1) is 8.25. The largest absolute Gasteiger partial charge is 0.370 e. The van der Waals surface area contributed by atoms with Crippen LogP contribution in [0.3, 0.4) is 0 Å². The third-order valence-electron chi connectivity index (χ3n) is 2.87. The van der Waals surface area contributed by atoms with E-state index in [0.717, 1.165) is 28.8 Å². The molecule has 17 heavy (non-hydrogen) atoms. The molecule has 0 spiro atoms. The molecule has 0 amide bonds. The summed E-state index contributed by atoms with van der Waals surface area (Å²) in [7, 11) is 0. The summed E-state index contributed by atoms with van der Waals surface area (Å²) in [6.07, 6.45) is 4.62. The Kier molecular flexibility index (Phi) is 4.54. The van der Waals surface area contributed by atoms with Gasteiger partial charge in [0, 0.05) is 24.0 Å². The minimum absolute atomic E-state index is 0.201. The Labute approximate surface area is 109 Å². The minimum Gasteiger partial charge on any atom is -0.370 e. The lowest BCUT2D eigenvalue weighted by molar-refractivity contribution is 0.624. The quantitative estimate of drug-likeness (QED) is 0.885. The highest BCUT2D eigenvalue weighted by molar-refractivity contribution is 9.10. The summed E-state index contributed by atoms with van der Waals surface area (Å²) in [6, 6.07) is 4.74. The van der Waals surface area contributed by atoms with Crippen LogP contribution in [0.25, 0.3) is 0 Å². The fourth-order valence-corrected chi connectivity index (χ4v) is 2.28. The van der Waals surface area contributed by atoms with Crippen molar-refractivity contribution in [3.05, 3.63) is 34.1 Å². The van der Waals surface area contributed by atoms with Crippen molar-refractivity contribution >= 4 is 21.8 Å². The van der Waals surface area contributed by atoms with Crippen LogP contribution in [0, 0.1) is 5.82 Å². The summed E-state index contributed by atoms with van der Waals surface area (Å²) < 4.78 is 14.0. The molecule has 0 atom stereocenters. The van der Waals surface area contributed by atoms with Crippen LogP contribution in [0.15, 0.2) is 27.7 Å². The lowest BCUT2D eigenvalue weighted by Gasteiger charge is -2.09. The van der Waals surface area contributed by atoms with E-state index >= 15 is 0 Å². The monoisotopic (exact) mass is 298 g/mol. The number of amidine groups is 1. The molecule has 1 heterocycles. The smallest absolute Gasteiger partial charge is 0.123 e. The van der Waals surface area contributed by atoms with Crippen LogP contribution in [0.1, 0.15) is 31.2 Å². The van der Waals surface area contributed by atoms with Crippen molar-refractivity contribution in [1.29, 1.82) is 0 Å². The lowest BCUT2D eigenvalue weighted by atomic mass is 10.2. The average molecular weight is 299 g/mol. The van der Waals surface area contributed by atoms with Gasteiger partial charge < -0.3 is 5.32 Å². The zero-order chi connectivity index (χ0) is 12.1. The molecule has 92 valence electrons. The first-order valence-corrected chi connectivity index (χ1v) is 6.76. The van der Waals surface area contributed by atoms with Crippen LogP contribution >= 0.6 is 15.9 Å². The van der Waals surface area contributed by atoms with Crippen LogP contribution in [0.2, 0.25) is 0 Å². The number of hydrogen-bond donors (Lipinski definition) is 1. The van der Waals surface area contributed by atoms with Crippen LogP contribution in [0.4, 0.5) is 4.39 Å². The van der Waals surface area contributed by atoms with E-state index in [-0.39, 0.29) is 5.82 Å². The van der Waals surface area contributed by atoms with Crippen molar-refractivity contribution in [3.63, 3.8) is 0 Å². The Morgan fingerprint density at radius 2 is 2.18 bits per heavy atom. The van der Waals surface area contributed by atoms with Gasteiger partial charge in [0.2, 0.25) is 0 Å². The molecular weight excluding hydrogens is 283 g/mol. The van der Waals surface area contributed by atoms with Gasteiger partial charge in [-0.2, -0.15) is 0 Å². The van der Waals surface area contributed by atoms with Crippen LogP contribution in [-0.2, 0) is 6.54 Å². The van der Waals surface area contributed by atoms with Crippen molar-refractivity contribution < 1.29 is 4.39 Å². The topological polar surface area (TPSA) is 24.4 Å². The van der Waals surface area contributed by atoms with Gasteiger partial charge in [0.1, 0.15) is 5.82 Å². The Hall–Kier alpha value is -0.900. The van der Waals surface area contributed by atoms with E-state index in [2.05, 4.69) is 26.2 Å². The molecule has 0 aromatic heterocycles. The van der Waals surface area contributed by atoms with E-state index in [4.69, 9.17) is 0 Å². The standard InChI is InChI=1S/C13H16BrFN2/c14-12-6-5-11(15)8-10(12)9-17-13-4-2-1-3-7-16-13/h5-6,8H,1-4,7,9H2,(H,16,17). The molecule has 1 aliphatic heterocycles. The van der Waals surface area contributed by atoms with E-state index in [1.54, 1.807) is 12.1 Å². The highest BCUT2D eigenvalue weighted by Crippen LogP contribution is 2.17. The molecule has 0 fully saturated rings. The van der Waals surface area contributed by atoms with E-state index in [0.29, 0.717) is 6.54 Å². The fraction of sp³-hybridized carbons (Fsp3) is 0.462. The number of aliphatic imine (C=N–C) groups is 1. The molecule has 0 radical (unpaired) electrons. The number of hydrogen-bond acceptors (Lipinski definition) is 2. The van der Waals surface area contributed by atoms with Gasteiger partial charge in [-0.15, -0.1) is 0 Å². The maximum Gasteiger partial charge on any atom is 0.123 e. The predicted molar refractivity (Wildman–Crippen MR) is 71.7 cm³/mol. The van der Waals surface area contributed by atoms with Gasteiger partial charge >= 0.3 is 0 Å². The summed E-state index contributed by atoms with van der Waals surface area (Å²) in [6.45, 7) is 1.53. The van der Waals surface area contributed by atoms with Crippen LogP contribution < -0.4 is 5.32 Å². The highest BCUT2D eigenvalue weighted by Gasteiger charge is 2.06. The summed E-state index contributed by atoms with van der Waals surface area (Å²) in [5.41, 5.74) is 0.928. The molecule has 1 aromatic rings. The molecule has 0 unspecified atom stereocenters. The summed E-state index contributed by atoms with van der Waals surface area (Å²) in [4.78, 5) is 4.49. The second-order valence-corrected chi connectivity index (χ2v) is 5.08. The molecule has 0 saturated heterocycles. The van der Waals surface area contributed by atoms with Gasteiger partial charge in [-0.1, -0.05) is 22.4 Å². The number of rotatable bonds is 2. The molecule has 1 N–H and O–H groups in total. The highest BCUT2D eigenvalue weighted by atomic mass is 79.9. The molecule has 2 nitrogen and oxygen atoms in total. The molecule has 1 aliphatic rings. The van der Waals surface area contributed by atoms with Gasteiger partial charge in [-0.05, 0) is 36.6 Å². The summed E-state index contributed by atoms with van der Waals surface area (Å²) in [5, 5.41) is 3.30. The molecule has 4 heteroatoms. The maximum atomic E-state index is 13.1. The summed E-state index contributed by atoms with van der Waals surface area (Å²) in [5.74, 6) is 0.853. The molecule has 1 aromatic carbocycles. The lowest BCUT2D eigenvalue weighted by Crippen LogP contribution is -2.22. The Morgan fingerprint density at radius 3 is 3.06 bits per heavy atom. The third kappa shape index (κ3) is 3.80. The molecule has 0 bridgehead atoms. The van der Waals surface area contributed by atoms with Gasteiger partial charge in [-0.3, -0.25) is 4.99 Å². The van der Waals surface area contributed by atoms with Crippen LogP contribution in [0.5, 0.6) is 0 Å². The maximum absolute atomic E-state index is 13.1. The third-order valence-corrected chi connectivity index (χ3v) is 3.64. The van der Waals surface area contributed by atoms with Crippen molar-refractivity contribution in [3.8, 4) is 0 Å². The van der Waals surface area contributed by atoms with E-state index in [1.807, 2.05) is 0 Å². The second-order valence-electron chi connectivity index (χ2n) is 4.23. The molecular formula is C13H16BrFN2. The van der Waals surface area contributed by atoms with Gasteiger partial charge in [0.05, 0.1) is 5.84 Å². The zero-order valence-corrected chi connectivity index (χ0v) is 11.3. The Bertz CT molecular complexity index is 418. The minimum atomic E-state index is -0.201. The van der Waals surface area contributed by atoms with Gasteiger partial charge in [-0.25, -0.2) is 4.39 Å². The van der Waals surface area contributed by atoms with Crippen molar-refractivity contribution in [2.24, 2.45) is 4.99 Å². The predicted octanol–water partition coefficient (Wildman–Crippen LogP) is 3.65.